The molecule has 1 N–H and O–H groups in total. The van der Waals surface area contributed by atoms with Gasteiger partial charge in [-0.3, -0.25) is 0 Å². The monoisotopic (exact) mass is 221 g/mol. The number of hydrogen-bond donors (Lipinski definition) is 1. The van der Waals surface area contributed by atoms with Crippen LogP contribution < -0.4 is 0 Å². The summed E-state index contributed by atoms with van der Waals surface area (Å²) in [4.78, 5) is 10.7. The van der Waals surface area contributed by atoms with Gasteiger partial charge in [0.05, 0.1) is 16.3 Å². The number of rotatable bonds is 2. The minimum absolute atomic E-state index is 0.191. The van der Waals surface area contributed by atoms with Gasteiger partial charge in [-0.1, -0.05) is 11.6 Å². The van der Waals surface area contributed by atoms with Gasteiger partial charge in [-0.05, 0) is 30.3 Å². The summed E-state index contributed by atoms with van der Waals surface area (Å²) in [5.41, 5.74) is 0.961. The first kappa shape index (κ1) is 9.80. The molecule has 0 aliphatic carbocycles. The van der Waals surface area contributed by atoms with Crippen LogP contribution in [0, 0.1) is 0 Å². The lowest BCUT2D eigenvalue weighted by Gasteiger charge is -2.06. The zero-order valence-electron chi connectivity index (χ0n) is 7.72. The lowest BCUT2D eigenvalue weighted by Crippen LogP contribution is -1.98. The number of benzene rings is 1. The predicted octanol–water partition coefficient (Wildman–Crippen LogP) is 2.83. The fourth-order valence-electron chi connectivity index (χ4n) is 1.34. The van der Waals surface area contributed by atoms with E-state index in [9.17, 15) is 4.79 Å². The maximum absolute atomic E-state index is 10.7. The standard InChI is InChI=1S/C11H8ClNO2/c12-9-7-8(11(14)15)3-4-10(9)13-5-1-2-6-13/h1-7H,(H,14,15). The summed E-state index contributed by atoms with van der Waals surface area (Å²) in [7, 11) is 0. The fourth-order valence-corrected chi connectivity index (χ4v) is 1.62. The predicted molar refractivity (Wildman–Crippen MR) is 57.7 cm³/mol. The molecule has 1 aromatic heterocycles. The van der Waals surface area contributed by atoms with Gasteiger partial charge in [0, 0.05) is 12.4 Å². The molecule has 0 spiro atoms. The molecule has 0 bridgehead atoms. The molecular formula is C11H8ClNO2. The molecule has 0 saturated carbocycles. The van der Waals surface area contributed by atoms with Crippen molar-refractivity contribution >= 4 is 17.6 Å². The zero-order chi connectivity index (χ0) is 10.8. The van der Waals surface area contributed by atoms with Crippen molar-refractivity contribution < 1.29 is 9.90 Å². The molecular weight excluding hydrogens is 214 g/mol. The Morgan fingerprint density at radius 2 is 1.93 bits per heavy atom. The Hall–Kier alpha value is -1.74. The maximum atomic E-state index is 10.7. The summed E-state index contributed by atoms with van der Waals surface area (Å²) in [5, 5.41) is 9.19. The van der Waals surface area contributed by atoms with Gasteiger partial charge in [-0.15, -0.1) is 0 Å². The van der Waals surface area contributed by atoms with E-state index in [0.29, 0.717) is 5.02 Å². The number of halogens is 1. The average molecular weight is 222 g/mol. The summed E-state index contributed by atoms with van der Waals surface area (Å²) < 4.78 is 1.83. The lowest BCUT2D eigenvalue weighted by molar-refractivity contribution is 0.0697. The van der Waals surface area contributed by atoms with E-state index in [0.717, 1.165) is 5.69 Å². The summed E-state index contributed by atoms with van der Waals surface area (Å²) in [5.74, 6) is -0.976. The Balaban J connectivity index is 2.48. The highest BCUT2D eigenvalue weighted by Gasteiger charge is 2.07. The maximum Gasteiger partial charge on any atom is 0.335 e. The first-order valence-corrected chi connectivity index (χ1v) is 4.72. The molecule has 15 heavy (non-hydrogen) atoms. The number of carboxylic acid groups (broad SMARTS) is 1. The summed E-state index contributed by atoms with van der Waals surface area (Å²) in [6.45, 7) is 0. The molecule has 0 saturated heterocycles. The van der Waals surface area contributed by atoms with Crippen LogP contribution in [0.15, 0.2) is 42.7 Å². The third kappa shape index (κ3) is 1.87. The number of hydrogen-bond acceptors (Lipinski definition) is 1. The molecule has 0 radical (unpaired) electrons. The van der Waals surface area contributed by atoms with E-state index >= 15 is 0 Å². The van der Waals surface area contributed by atoms with Gasteiger partial charge in [-0.25, -0.2) is 4.79 Å². The molecule has 4 heteroatoms. The van der Waals surface area contributed by atoms with Gasteiger partial charge in [-0.2, -0.15) is 0 Å². The van der Waals surface area contributed by atoms with Gasteiger partial charge in [0.1, 0.15) is 0 Å². The van der Waals surface area contributed by atoms with Crippen LogP contribution in [0.2, 0.25) is 5.02 Å². The van der Waals surface area contributed by atoms with E-state index in [1.807, 2.05) is 29.1 Å². The Morgan fingerprint density at radius 1 is 1.27 bits per heavy atom. The highest BCUT2D eigenvalue weighted by atomic mass is 35.5. The molecule has 0 unspecified atom stereocenters. The number of aromatic nitrogens is 1. The highest BCUT2D eigenvalue weighted by Crippen LogP contribution is 2.21. The normalized spacial score (nSPS) is 10.2. The Labute approximate surface area is 91.5 Å². The van der Waals surface area contributed by atoms with Crippen molar-refractivity contribution in [2.45, 2.75) is 0 Å². The Bertz CT molecular complexity index is 491. The highest BCUT2D eigenvalue weighted by molar-refractivity contribution is 6.32. The fraction of sp³-hybridized carbons (Fsp3) is 0. The van der Waals surface area contributed by atoms with E-state index in [4.69, 9.17) is 16.7 Å². The zero-order valence-corrected chi connectivity index (χ0v) is 8.48. The van der Waals surface area contributed by atoms with Gasteiger partial charge < -0.3 is 9.67 Å². The Morgan fingerprint density at radius 3 is 2.47 bits per heavy atom. The molecule has 0 aliphatic rings. The van der Waals surface area contributed by atoms with Crippen LogP contribution in [-0.2, 0) is 0 Å². The summed E-state index contributed by atoms with van der Waals surface area (Å²) in [6, 6.07) is 8.41. The van der Waals surface area contributed by atoms with Crippen molar-refractivity contribution in [3.63, 3.8) is 0 Å². The van der Waals surface area contributed by atoms with Crippen molar-refractivity contribution in [3.05, 3.63) is 53.3 Å². The van der Waals surface area contributed by atoms with E-state index < -0.39 is 5.97 Å². The number of nitrogens with zero attached hydrogens (tertiary/aromatic N) is 1. The summed E-state index contributed by atoms with van der Waals surface area (Å²) >= 11 is 5.98. The number of aromatic carboxylic acids is 1. The van der Waals surface area contributed by atoms with E-state index in [-0.39, 0.29) is 5.56 Å². The molecule has 76 valence electrons. The molecule has 3 nitrogen and oxygen atoms in total. The van der Waals surface area contributed by atoms with Gasteiger partial charge in [0.15, 0.2) is 0 Å². The van der Waals surface area contributed by atoms with Crippen LogP contribution in [-0.4, -0.2) is 15.6 Å². The van der Waals surface area contributed by atoms with E-state index in [1.165, 1.54) is 12.1 Å². The molecule has 2 aromatic rings. The second-order valence-electron chi connectivity index (χ2n) is 3.06. The second-order valence-corrected chi connectivity index (χ2v) is 3.47. The SMILES string of the molecule is O=C(O)c1ccc(-n2cccc2)c(Cl)c1. The molecule has 0 fully saturated rings. The van der Waals surface area contributed by atoms with Crippen LogP contribution in [0.3, 0.4) is 0 Å². The first-order chi connectivity index (χ1) is 7.18. The van der Waals surface area contributed by atoms with Gasteiger partial charge in [0.2, 0.25) is 0 Å². The number of carbonyl (C=O) groups is 1. The average Bonchev–Trinajstić information content (AvgIpc) is 2.70. The van der Waals surface area contributed by atoms with Crippen molar-refractivity contribution in [1.29, 1.82) is 0 Å². The quantitative estimate of drug-likeness (QED) is 0.847. The largest absolute Gasteiger partial charge is 0.478 e. The topological polar surface area (TPSA) is 42.2 Å². The minimum Gasteiger partial charge on any atom is -0.478 e. The molecule has 0 aliphatic heterocycles. The minimum atomic E-state index is -0.976. The third-order valence-corrected chi connectivity index (χ3v) is 2.38. The molecule has 0 amide bonds. The third-order valence-electron chi connectivity index (χ3n) is 2.08. The van der Waals surface area contributed by atoms with E-state index in [1.54, 1.807) is 6.07 Å². The second kappa shape index (κ2) is 3.79. The molecule has 0 atom stereocenters. The van der Waals surface area contributed by atoms with E-state index in [2.05, 4.69) is 0 Å². The molecule has 2 rings (SSSR count). The van der Waals surface area contributed by atoms with Crippen molar-refractivity contribution in [2.75, 3.05) is 0 Å². The van der Waals surface area contributed by atoms with Crippen LogP contribution in [0.1, 0.15) is 10.4 Å². The summed E-state index contributed by atoms with van der Waals surface area (Å²) in [6.07, 6.45) is 3.70. The smallest absolute Gasteiger partial charge is 0.335 e. The van der Waals surface area contributed by atoms with Crippen LogP contribution in [0.25, 0.3) is 5.69 Å². The van der Waals surface area contributed by atoms with Gasteiger partial charge >= 0.3 is 5.97 Å². The molecule has 1 aromatic carbocycles. The van der Waals surface area contributed by atoms with Crippen molar-refractivity contribution in [1.82, 2.24) is 4.57 Å². The van der Waals surface area contributed by atoms with Crippen molar-refractivity contribution in [2.24, 2.45) is 0 Å². The first-order valence-electron chi connectivity index (χ1n) is 4.34. The van der Waals surface area contributed by atoms with Crippen LogP contribution in [0.5, 0.6) is 0 Å². The molecule has 1 heterocycles. The van der Waals surface area contributed by atoms with Crippen LogP contribution in [0.4, 0.5) is 0 Å². The van der Waals surface area contributed by atoms with Gasteiger partial charge in [0.25, 0.3) is 0 Å². The van der Waals surface area contributed by atoms with Crippen LogP contribution >= 0.6 is 11.6 Å². The lowest BCUT2D eigenvalue weighted by atomic mass is 10.2. The Kier molecular flexibility index (Phi) is 2.47. The number of carboxylic acids is 1. The van der Waals surface area contributed by atoms with Crippen molar-refractivity contribution in [3.8, 4) is 5.69 Å².